The largest absolute Gasteiger partial charge is 0.319 e. The smallest absolute Gasteiger partial charge is 0.273 e. The van der Waals surface area contributed by atoms with Crippen LogP contribution in [0.1, 0.15) is 28.8 Å². The quantitative estimate of drug-likeness (QED) is 0.884. The van der Waals surface area contributed by atoms with E-state index in [1.54, 1.807) is 16.8 Å². The highest BCUT2D eigenvalue weighted by molar-refractivity contribution is 9.10. The molecule has 2 aromatic heterocycles. The van der Waals surface area contributed by atoms with Gasteiger partial charge in [-0.2, -0.15) is 5.10 Å². The summed E-state index contributed by atoms with van der Waals surface area (Å²) >= 11 is 3.30. The lowest BCUT2D eigenvalue weighted by atomic mass is 10.3. The van der Waals surface area contributed by atoms with Crippen molar-refractivity contribution in [2.24, 2.45) is 0 Å². The third-order valence-corrected chi connectivity index (χ3v) is 3.18. The van der Waals surface area contributed by atoms with Crippen molar-refractivity contribution >= 4 is 27.5 Å². The minimum atomic E-state index is -0.172. The molecule has 2 rings (SSSR count). The van der Waals surface area contributed by atoms with Gasteiger partial charge in [0.2, 0.25) is 0 Å². The van der Waals surface area contributed by atoms with Crippen molar-refractivity contribution in [1.82, 2.24) is 14.8 Å². The molecule has 0 atom stereocenters. The van der Waals surface area contributed by atoms with Crippen molar-refractivity contribution in [3.05, 3.63) is 39.9 Å². The van der Waals surface area contributed by atoms with Crippen LogP contribution in [0, 0.1) is 13.8 Å². The van der Waals surface area contributed by atoms with Crippen molar-refractivity contribution < 1.29 is 4.79 Å². The molecule has 1 amide bonds. The van der Waals surface area contributed by atoms with Crippen LogP contribution in [0.4, 0.5) is 5.69 Å². The van der Waals surface area contributed by atoms with Gasteiger partial charge in [-0.15, -0.1) is 0 Å². The number of nitrogens with one attached hydrogen (secondary N) is 1. The zero-order chi connectivity index (χ0) is 14.0. The number of hydrogen-bond acceptors (Lipinski definition) is 3. The Morgan fingerprint density at radius 3 is 2.79 bits per heavy atom. The van der Waals surface area contributed by atoms with Crippen LogP contribution in [-0.2, 0) is 6.54 Å². The first-order valence-corrected chi connectivity index (χ1v) is 6.79. The van der Waals surface area contributed by atoms with Gasteiger partial charge in [-0.3, -0.25) is 9.48 Å². The third kappa shape index (κ3) is 3.01. The molecule has 1 N–H and O–H groups in total. The Morgan fingerprint density at radius 2 is 2.16 bits per heavy atom. The van der Waals surface area contributed by atoms with E-state index in [1.807, 2.05) is 26.8 Å². The van der Waals surface area contributed by atoms with Crippen LogP contribution in [0.2, 0.25) is 0 Å². The number of halogens is 1. The summed E-state index contributed by atoms with van der Waals surface area (Å²) in [5, 5.41) is 7.12. The first kappa shape index (κ1) is 13.7. The van der Waals surface area contributed by atoms with Gasteiger partial charge < -0.3 is 5.32 Å². The zero-order valence-electron chi connectivity index (χ0n) is 11.1. The minimum Gasteiger partial charge on any atom is -0.319 e. The molecule has 100 valence electrons. The van der Waals surface area contributed by atoms with Crippen LogP contribution in [-0.4, -0.2) is 20.7 Å². The summed E-state index contributed by atoms with van der Waals surface area (Å²) in [4.78, 5) is 16.5. The number of pyridine rings is 1. The van der Waals surface area contributed by atoms with E-state index in [9.17, 15) is 4.79 Å². The van der Waals surface area contributed by atoms with Crippen LogP contribution >= 0.6 is 15.9 Å². The summed E-state index contributed by atoms with van der Waals surface area (Å²) in [7, 11) is 0. The molecule has 0 saturated carbocycles. The Bertz CT molecular complexity index is 621. The zero-order valence-corrected chi connectivity index (χ0v) is 12.7. The second-order valence-electron chi connectivity index (χ2n) is 4.21. The lowest BCUT2D eigenvalue weighted by Gasteiger charge is -2.08. The summed E-state index contributed by atoms with van der Waals surface area (Å²) in [5.74, 6) is -0.172. The predicted octanol–water partition coefficient (Wildman–Crippen LogP) is 2.93. The number of aryl methyl sites for hydroxylation is 3. The summed E-state index contributed by atoms with van der Waals surface area (Å²) in [5.41, 5.74) is 2.86. The van der Waals surface area contributed by atoms with Gasteiger partial charge in [0.25, 0.3) is 5.91 Å². The summed E-state index contributed by atoms with van der Waals surface area (Å²) in [6.07, 6.45) is 0. The summed E-state index contributed by atoms with van der Waals surface area (Å²) in [6, 6.07) is 5.40. The van der Waals surface area contributed by atoms with E-state index in [-0.39, 0.29) is 5.91 Å². The number of rotatable bonds is 3. The Hall–Kier alpha value is -1.69. The fourth-order valence-electron chi connectivity index (χ4n) is 1.82. The molecule has 0 fully saturated rings. The Kier molecular flexibility index (Phi) is 3.99. The van der Waals surface area contributed by atoms with E-state index >= 15 is 0 Å². The molecule has 0 unspecified atom stereocenters. The fraction of sp³-hybridized carbons (Fsp3) is 0.308. The Morgan fingerprint density at radius 1 is 1.42 bits per heavy atom. The standard InChI is InChI=1S/C13H15BrN4O/c1-4-18-11(7-8(2)17-18)13(19)16-10-5-6-12(14)15-9(10)3/h5-7H,4H2,1-3H3,(H,16,19). The fourth-order valence-corrected chi connectivity index (χ4v) is 2.22. The molecule has 5 nitrogen and oxygen atoms in total. The van der Waals surface area contributed by atoms with Gasteiger partial charge in [-0.05, 0) is 54.9 Å². The van der Waals surface area contributed by atoms with E-state index in [1.165, 1.54) is 0 Å². The maximum Gasteiger partial charge on any atom is 0.273 e. The monoisotopic (exact) mass is 322 g/mol. The molecule has 0 aliphatic heterocycles. The van der Waals surface area contributed by atoms with Crippen LogP contribution < -0.4 is 5.32 Å². The molecule has 0 bridgehead atoms. The van der Waals surface area contributed by atoms with Gasteiger partial charge in [0.05, 0.1) is 17.1 Å². The molecule has 0 aromatic carbocycles. The van der Waals surface area contributed by atoms with Crippen LogP contribution in [0.25, 0.3) is 0 Å². The first-order chi connectivity index (χ1) is 9.01. The predicted molar refractivity (Wildman–Crippen MR) is 77.3 cm³/mol. The van der Waals surface area contributed by atoms with E-state index < -0.39 is 0 Å². The molecular weight excluding hydrogens is 308 g/mol. The maximum atomic E-state index is 12.2. The molecule has 2 aromatic rings. The highest BCUT2D eigenvalue weighted by Gasteiger charge is 2.14. The first-order valence-electron chi connectivity index (χ1n) is 6.00. The topological polar surface area (TPSA) is 59.8 Å². The highest BCUT2D eigenvalue weighted by atomic mass is 79.9. The third-order valence-electron chi connectivity index (χ3n) is 2.73. The molecule has 0 saturated heterocycles. The molecular formula is C13H15BrN4O. The van der Waals surface area contributed by atoms with Crippen LogP contribution in [0.15, 0.2) is 22.8 Å². The second-order valence-corrected chi connectivity index (χ2v) is 5.02. The maximum absolute atomic E-state index is 12.2. The van der Waals surface area contributed by atoms with Crippen molar-refractivity contribution in [2.75, 3.05) is 5.32 Å². The average Bonchev–Trinajstić information content (AvgIpc) is 2.74. The van der Waals surface area contributed by atoms with Crippen molar-refractivity contribution in [2.45, 2.75) is 27.3 Å². The number of carbonyl (C=O) groups excluding carboxylic acids is 1. The number of anilines is 1. The summed E-state index contributed by atoms with van der Waals surface area (Å²) < 4.78 is 2.43. The van der Waals surface area contributed by atoms with Crippen molar-refractivity contribution in [3.8, 4) is 0 Å². The average molecular weight is 323 g/mol. The van der Waals surface area contributed by atoms with Gasteiger partial charge in [0.15, 0.2) is 0 Å². The van der Waals surface area contributed by atoms with E-state index in [0.717, 1.165) is 16.0 Å². The minimum absolute atomic E-state index is 0.172. The lowest BCUT2D eigenvalue weighted by Crippen LogP contribution is -2.18. The van der Waals surface area contributed by atoms with Gasteiger partial charge in [0.1, 0.15) is 10.3 Å². The van der Waals surface area contributed by atoms with Gasteiger partial charge in [-0.25, -0.2) is 4.98 Å². The molecule has 0 spiro atoms. The van der Waals surface area contributed by atoms with E-state index in [4.69, 9.17) is 0 Å². The molecule has 19 heavy (non-hydrogen) atoms. The lowest BCUT2D eigenvalue weighted by molar-refractivity contribution is 0.101. The molecule has 0 radical (unpaired) electrons. The number of aromatic nitrogens is 3. The number of nitrogens with zero attached hydrogens (tertiary/aromatic N) is 3. The van der Waals surface area contributed by atoms with Crippen molar-refractivity contribution in [3.63, 3.8) is 0 Å². The highest BCUT2D eigenvalue weighted by Crippen LogP contribution is 2.17. The SMILES string of the molecule is CCn1nc(C)cc1C(=O)Nc1ccc(Br)nc1C. The number of amides is 1. The molecule has 2 heterocycles. The van der Waals surface area contributed by atoms with Gasteiger partial charge >= 0.3 is 0 Å². The van der Waals surface area contributed by atoms with Crippen LogP contribution in [0.5, 0.6) is 0 Å². The normalized spacial score (nSPS) is 10.5. The van der Waals surface area contributed by atoms with Gasteiger partial charge in [-0.1, -0.05) is 0 Å². The Balaban J connectivity index is 2.25. The second kappa shape index (κ2) is 5.52. The van der Waals surface area contributed by atoms with Crippen molar-refractivity contribution in [1.29, 1.82) is 0 Å². The van der Waals surface area contributed by atoms with E-state index in [0.29, 0.717) is 17.9 Å². The summed E-state index contributed by atoms with van der Waals surface area (Å²) in [6.45, 7) is 6.34. The molecule has 0 aliphatic carbocycles. The Labute approximate surface area is 120 Å². The molecule has 0 aliphatic rings. The van der Waals surface area contributed by atoms with Gasteiger partial charge in [0, 0.05) is 6.54 Å². The van der Waals surface area contributed by atoms with E-state index in [2.05, 4.69) is 31.3 Å². The van der Waals surface area contributed by atoms with Crippen LogP contribution in [0.3, 0.4) is 0 Å². The number of hydrogen-bond donors (Lipinski definition) is 1. The molecule has 6 heteroatoms. The number of carbonyl (C=O) groups is 1.